The molecular weight excluding hydrogens is 434 g/mol. The normalized spacial score (nSPS) is 11.2. The molecule has 0 heterocycles. The van der Waals surface area contributed by atoms with E-state index in [4.69, 9.17) is 4.74 Å². The molecule has 0 amide bonds. The lowest BCUT2D eigenvalue weighted by atomic mass is 10.1. The number of nitrogens with one attached hydrogen (secondary N) is 1. The third kappa shape index (κ3) is 10.4. The van der Waals surface area contributed by atoms with E-state index in [0.717, 1.165) is 24.2 Å². The van der Waals surface area contributed by atoms with Gasteiger partial charge in [-0.3, -0.25) is 0 Å². The minimum atomic E-state index is -0.906. The zero-order chi connectivity index (χ0) is 24.6. The van der Waals surface area contributed by atoms with Crippen LogP contribution in [0.25, 0.3) is 0 Å². The molecule has 0 saturated carbocycles. The Hall–Kier alpha value is -3.73. The summed E-state index contributed by atoms with van der Waals surface area (Å²) in [6, 6.07) is 40.4. The van der Waals surface area contributed by atoms with Crippen LogP contribution in [0.4, 0.5) is 0 Å². The van der Waals surface area contributed by atoms with Gasteiger partial charge in [0, 0.05) is 13.1 Å². The largest absolute Gasteiger partial charge is 0.479 e. The number of aliphatic carboxylic acids is 1. The van der Waals surface area contributed by atoms with Crippen molar-refractivity contribution in [2.24, 2.45) is 0 Å². The second kappa shape index (κ2) is 15.2. The predicted octanol–water partition coefficient (Wildman–Crippen LogP) is 6.27. The van der Waals surface area contributed by atoms with Crippen LogP contribution in [0, 0.1) is 0 Å². The number of rotatable bonds is 11. The maximum Gasteiger partial charge on any atom is 0.332 e. The molecular formula is C31H33NO3. The molecule has 2 N–H and O–H groups in total. The van der Waals surface area contributed by atoms with Gasteiger partial charge in [-0.1, -0.05) is 121 Å². The van der Waals surface area contributed by atoms with Crippen molar-refractivity contribution in [3.63, 3.8) is 0 Å². The summed E-state index contributed by atoms with van der Waals surface area (Å²) in [4.78, 5) is 11.2. The van der Waals surface area contributed by atoms with Gasteiger partial charge in [-0.25, -0.2) is 4.79 Å². The molecule has 0 saturated heterocycles. The molecule has 0 aromatic heterocycles. The second-order valence-electron chi connectivity index (χ2n) is 8.22. The number of benzene rings is 4. The van der Waals surface area contributed by atoms with Crippen molar-refractivity contribution in [3.05, 3.63) is 144 Å². The summed E-state index contributed by atoms with van der Waals surface area (Å²) in [5, 5.41) is 12.6. The number of carboxylic acids is 1. The lowest BCUT2D eigenvalue weighted by Crippen LogP contribution is -2.24. The third-order valence-electron chi connectivity index (χ3n) is 5.45. The van der Waals surface area contributed by atoms with Crippen LogP contribution in [0.3, 0.4) is 0 Å². The van der Waals surface area contributed by atoms with Crippen molar-refractivity contribution in [2.45, 2.75) is 38.6 Å². The molecule has 4 aromatic rings. The van der Waals surface area contributed by atoms with E-state index in [1.165, 1.54) is 11.1 Å². The molecule has 0 aliphatic heterocycles. The van der Waals surface area contributed by atoms with Gasteiger partial charge in [-0.05, 0) is 35.1 Å². The molecule has 0 aliphatic rings. The molecule has 4 heteroatoms. The topological polar surface area (TPSA) is 58.6 Å². The molecule has 35 heavy (non-hydrogen) atoms. The molecule has 4 nitrogen and oxygen atoms in total. The highest BCUT2D eigenvalue weighted by molar-refractivity contribution is 5.72. The van der Waals surface area contributed by atoms with Gasteiger partial charge in [0.25, 0.3) is 0 Å². The molecule has 0 aliphatic carbocycles. The standard InChI is InChI=1S/C17H18O3.C14H15N/c18-17(19)16(12-11-14-7-3-1-4-8-14)20-13-15-9-5-2-6-10-15;1-3-7-13(8-4-1)11-15-12-14-9-5-2-6-10-14/h1-10,16H,11-13H2,(H,18,19);1-10,15H,11-12H2/t16-;/m1./s1. The number of ether oxygens (including phenoxy) is 1. The van der Waals surface area contributed by atoms with Crippen LogP contribution in [0.2, 0.25) is 0 Å². The minimum Gasteiger partial charge on any atom is -0.479 e. The van der Waals surface area contributed by atoms with Gasteiger partial charge < -0.3 is 15.2 Å². The van der Waals surface area contributed by atoms with E-state index in [1.807, 2.05) is 72.8 Å². The van der Waals surface area contributed by atoms with E-state index in [0.29, 0.717) is 19.4 Å². The molecule has 0 radical (unpaired) electrons. The van der Waals surface area contributed by atoms with Crippen molar-refractivity contribution < 1.29 is 14.6 Å². The predicted molar refractivity (Wildman–Crippen MR) is 141 cm³/mol. The summed E-state index contributed by atoms with van der Waals surface area (Å²) in [7, 11) is 0. The van der Waals surface area contributed by atoms with Crippen LogP contribution in [-0.2, 0) is 35.6 Å². The Balaban J connectivity index is 0.000000203. The SMILES string of the molecule is O=C(O)[C@@H](CCc1ccccc1)OCc1ccccc1.c1ccc(CNCc2ccccc2)cc1. The fraction of sp³-hybridized carbons (Fsp3) is 0.194. The van der Waals surface area contributed by atoms with E-state index in [2.05, 4.69) is 53.8 Å². The van der Waals surface area contributed by atoms with Crippen molar-refractivity contribution in [1.29, 1.82) is 0 Å². The Morgan fingerprint density at radius 2 is 1.03 bits per heavy atom. The maximum atomic E-state index is 11.2. The molecule has 180 valence electrons. The smallest absolute Gasteiger partial charge is 0.332 e. The molecule has 4 aromatic carbocycles. The first-order valence-electron chi connectivity index (χ1n) is 11.9. The number of aryl methyl sites for hydroxylation is 1. The number of carboxylic acid groups (broad SMARTS) is 1. The van der Waals surface area contributed by atoms with Crippen LogP contribution in [0.15, 0.2) is 121 Å². The van der Waals surface area contributed by atoms with E-state index in [1.54, 1.807) is 0 Å². The highest BCUT2D eigenvalue weighted by Gasteiger charge is 2.17. The van der Waals surface area contributed by atoms with Crippen LogP contribution in [-0.4, -0.2) is 17.2 Å². The molecule has 0 fully saturated rings. The number of carbonyl (C=O) groups is 1. The lowest BCUT2D eigenvalue weighted by molar-refractivity contribution is -0.151. The Bertz CT molecular complexity index is 1000. The summed E-state index contributed by atoms with van der Waals surface area (Å²) < 4.78 is 5.51. The van der Waals surface area contributed by atoms with Gasteiger partial charge in [-0.2, -0.15) is 0 Å². The van der Waals surface area contributed by atoms with E-state index in [-0.39, 0.29) is 0 Å². The fourth-order valence-electron chi connectivity index (χ4n) is 3.53. The highest BCUT2D eigenvalue weighted by Crippen LogP contribution is 2.11. The van der Waals surface area contributed by atoms with Crippen LogP contribution in [0.5, 0.6) is 0 Å². The quantitative estimate of drug-likeness (QED) is 0.273. The third-order valence-corrected chi connectivity index (χ3v) is 5.45. The van der Waals surface area contributed by atoms with Crippen LogP contribution >= 0.6 is 0 Å². The van der Waals surface area contributed by atoms with Gasteiger partial charge in [-0.15, -0.1) is 0 Å². The van der Waals surface area contributed by atoms with E-state index >= 15 is 0 Å². The van der Waals surface area contributed by atoms with Crippen molar-refractivity contribution in [1.82, 2.24) is 5.32 Å². The van der Waals surface area contributed by atoms with Crippen LogP contribution < -0.4 is 5.32 Å². The van der Waals surface area contributed by atoms with E-state index < -0.39 is 12.1 Å². The van der Waals surface area contributed by atoms with E-state index in [9.17, 15) is 9.90 Å². The Morgan fingerprint density at radius 3 is 1.46 bits per heavy atom. The Kier molecular flexibility index (Phi) is 11.3. The van der Waals surface area contributed by atoms with Gasteiger partial charge in [0.15, 0.2) is 6.10 Å². The molecule has 4 rings (SSSR count). The van der Waals surface area contributed by atoms with Gasteiger partial charge in [0.1, 0.15) is 0 Å². The number of hydrogen-bond acceptors (Lipinski definition) is 3. The summed E-state index contributed by atoms with van der Waals surface area (Å²) in [6.45, 7) is 2.18. The average molecular weight is 468 g/mol. The monoisotopic (exact) mass is 467 g/mol. The second-order valence-corrected chi connectivity index (χ2v) is 8.22. The molecule has 0 spiro atoms. The van der Waals surface area contributed by atoms with Gasteiger partial charge in [0.2, 0.25) is 0 Å². The summed E-state index contributed by atoms with van der Waals surface area (Å²) in [5.41, 5.74) is 4.77. The van der Waals surface area contributed by atoms with Crippen molar-refractivity contribution in [2.75, 3.05) is 0 Å². The van der Waals surface area contributed by atoms with Gasteiger partial charge in [0.05, 0.1) is 6.61 Å². The first-order valence-corrected chi connectivity index (χ1v) is 11.9. The molecule has 0 bridgehead atoms. The zero-order valence-corrected chi connectivity index (χ0v) is 19.9. The first-order chi connectivity index (χ1) is 17.2. The maximum absolute atomic E-state index is 11.2. The molecule has 0 unspecified atom stereocenters. The van der Waals surface area contributed by atoms with Crippen molar-refractivity contribution >= 4 is 5.97 Å². The summed E-state index contributed by atoms with van der Waals surface area (Å²) >= 11 is 0. The van der Waals surface area contributed by atoms with Crippen molar-refractivity contribution in [3.8, 4) is 0 Å². The number of hydrogen-bond donors (Lipinski definition) is 2. The summed E-state index contributed by atoms with van der Waals surface area (Å²) in [5.74, 6) is -0.906. The molecule has 1 atom stereocenters. The average Bonchev–Trinajstić information content (AvgIpc) is 2.91. The Morgan fingerprint density at radius 1 is 0.629 bits per heavy atom. The lowest BCUT2D eigenvalue weighted by Gasteiger charge is -2.13. The summed E-state index contributed by atoms with van der Waals surface area (Å²) in [6.07, 6.45) is 0.411. The first kappa shape index (κ1) is 25.9. The van der Waals surface area contributed by atoms with Gasteiger partial charge >= 0.3 is 5.97 Å². The zero-order valence-electron chi connectivity index (χ0n) is 19.9. The minimum absolute atomic E-state index is 0.326. The highest BCUT2D eigenvalue weighted by atomic mass is 16.5. The fourth-order valence-corrected chi connectivity index (χ4v) is 3.53. The van der Waals surface area contributed by atoms with Crippen LogP contribution in [0.1, 0.15) is 28.7 Å². The Labute approximate surface area is 208 Å².